The second-order valence-corrected chi connectivity index (χ2v) is 6.11. The average Bonchev–Trinajstić information content (AvgIpc) is 3.20. The number of hydrogen-bond acceptors (Lipinski definition) is 4. The van der Waals surface area contributed by atoms with Gasteiger partial charge in [-0.15, -0.1) is 0 Å². The maximum atomic E-state index is 11.4. The van der Waals surface area contributed by atoms with Crippen LogP contribution in [0.4, 0.5) is 5.69 Å². The van der Waals surface area contributed by atoms with Crippen LogP contribution in [0, 0.1) is 0 Å². The molecule has 1 saturated heterocycles. The number of carbonyl (C=O) groups excluding carboxylic acids is 2. The Balaban J connectivity index is 1.71. The summed E-state index contributed by atoms with van der Waals surface area (Å²) in [5.74, 6) is -0.506. The number of amides is 2. The molecule has 2 N–H and O–H groups in total. The lowest BCUT2D eigenvalue weighted by Gasteiger charge is -2.27. The third-order valence-electron chi connectivity index (χ3n) is 3.51. The molecule has 3 rings (SSSR count). The fourth-order valence-corrected chi connectivity index (χ4v) is 2.74. The van der Waals surface area contributed by atoms with Crippen LogP contribution in [0.2, 0.25) is 0 Å². The number of nitrogens with zero attached hydrogens (tertiary/aromatic N) is 1. The molecular formula is C14H16BrN3O2. The first-order valence-electron chi connectivity index (χ1n) is 6.71. The lowest BCUT2D eigenvalue weighted by Crippen LogP contribution is -2.51. The van der Waals surface area contributed by atoms with E-state index in [1.54, 1.807) is 4.90 Å². The third kappa shape index (κ3) is 3.19. The first-order chi connectivity index (χ1) is 9.61. The predicted molar refractivity (Wildman–Crippen MR) is 79.4 cm³/mol. The highest BCUT2D eigenvalue weighted by molar-refractivity contribution is 9.10. The molecule has 2 amide bonds. The predicted octanol–water partition coefficient (Wildman–Crippen LogP) is 1.16. The van der Waals surface area contributed by atoms with Gasteiger partial charge in [0.1, 0.15) is 0 Å². The van der Waals surface area contributed by atoms with Crippen LogP contribution in [-0.2, 0) is 16.1 Å². The number of hydrogen-bond donors (Lipinski definition) is 2. The largest absolute Gasteiger partial charge is 0.353 e. The van der Waals surface area contributed by atoms with E-state index in [4.69, 9.17) is 0 Å². The lowest BCUT2D eigenvalue weighted by molar-refractivity contribution is -0.130. The van der Waals surface area contributed by atoms with Crippen LogP contribution in [0.25, 0.3) is 0 Å². The highest BCUT2D eigenvalue weighted by Crippen LogP contribution is 2.26. The summed E-state index contributed by atoms with van der Waals surface area (Å²) in [4.78, 5) is 24.6. The van der Waals surface area contributed by atoms with Gasteiger partial charge in [0, 0.05) is 22.7 Å². The molecule has 6 heteroatoms. The van der Waals surface area contributed by atoms with Gasteiger partial charge < -0.3 is 10.2 Å². The zero-order valence-corrected chi connectivity index (χ0v) is 12.6. The van der Waals surface area contributed by atoms with Crippen molar-refractivity contribution in [2.24, 2.45) is 0 Å². The quantitative estimate of drug-likeness (QED) is 0.809. The summed E-state index contributed by atoms with van der Waals surface area (Å²) in [5.41, 5.74) is 2.07. The number of benzene rings is 1. The van der Waals surface area contributed by atoms with Crippen LogP contribution < -0.4 is 15.5 Å². The number of piperazine rings is 1. The molecule has 1 aromatic carbocycles. The van der Waals surface area contributed by atoms with Gasteiger partial charge in [-0.2, -0.15) is 0 Å². The van der Waals surface area contributed by atoms with E-state index < -0.39 is 0 Å². The number of rotatable bonds is 4. The van der Waals surface area contributed by atoms with Crippen LogP contribution in [0.3, 0.4) is 0 Å². The maximum absolute atomic E-state index is 11.4. The van der Waals surface area contributed by atoms with Crippen molar-refractivity contribution in [2.75, 3.05) is 18.0 Å². The Bertz CT molecular complexity index is 541. The summed E-state index contributed by atoms with van der Waals surface area (Å²) >= 11 is 3.56. The standard InChI is InChI=1S/C14H16BrN3O2/c15-12-5-11(18-7-13(19)17-14(20)8-18)4-1-9(12)6-16-10-2-3-10/h1,4-5,10,16H,2-3,6-8H2,(H,17,19,20). The monoisotopic (exact) mass is 337 g/mol. The molecule has 5 nitrogen and oxygen atoms in total. The maximum Gasteiger partial charge on any atom is 0.246 e. The highest BCUT2D eigenvalue weighted by atomic mass is 79.9. The Kier molecular flexibility index (Phi) is 3.76. The Morgan fingerprint density at radius 1 is 1.25 bits per heavy atom. The fourth-order valence-electron chi connectivity index (χ4n) is 2.24. The minimum absolute atomic E-state index is 0.220. The number of anilines is 1. The fraction of sp³-hybridized carbons (Fsp3) is 0.429. The van der Waals surface area contributed by atoms with E-state index in [9.17, 15) is 9.59 Å². The first kappa shape index (κ1) is 13.6. The Labute approximate surface area is 125 Å². The van der Waals surface area contributed by atoms with Crippen molar-refractivity contribution in [3.05, 3.63) is 28.2 Å². The van der Waals surface area contributed by atoms with Crippen molar-refractivity contribution >= 4 is 33.4 Å². The van der Waals surface area contributed by atoms with E-state index in [-0.39, 0.29) is 24.9 Å². The molecule has 1 aromatic rings. The third-order valence-corrected chi connectivity index (χ3v) is 4.25. The van der Waals surface area contributed by atoms with Crippen LogP contribution in [-0.4, -0.2) is 30.9 Å². The molecule has 1 heterocycles. The molecule has 20 heavy (non-hydrogen) atoms. The number of nitrogens with one attached hydrogen (secondary N) is 2. The SMILES string of the molecule is O=C1CN(c2ccc(CNC3CC3)c(Br)c2)CC(=O)N1. The summed E-state index contributed by atoms with van der Waals surface area (Å²) in [6.45, 7) is 1.28. The van der Waals surface area contributed by atoms with E-state index in [1.807, 2.05) is 18.2 Å². The van der Waals surface area contributed by atoms with Gasteiger partial charge >= 0.3 is 0 Å². The van der Waals surface area contributed by atoms with Gasteiger partial charge in [0.2, 0.25) is 11.8 Å². The molecular weight excluding hydrogens is 322 g/mol. The van der Waals surface area contributed by atoms with Gasteiger partial charge in [-0.25, -0.2) is 0 Å². The summed E-state index contributed by atoms with van der Waals surface area (Å²) in [7, 11) is 0. The molecule has 0 bridgehead atoms. The Morgan fingerprint density at radius 2 is 1.95 bits per heavy atom. The van der Waals surface area contributed by atoms with Crippen molar-refractivity contribution in [2.45, 2.75) is 25.4 Å². The minimum Gasteiger partial charge on any atom is -0.353 e. The molecule has 1 saturated carbocycles. The lowest BCUT2D eigenvalue weighted by atomic mass is 10.1. The van der Waals surface area contributed by atoms with Crippen molar-refractivity contribution in [1.82, 2.24) is 10.6 Å². The van der Waals surface area contributed by atoms with Gasteiger partial charge in [-0.3, -0.25) is 14.9 Å². The van der Waals surface area contributed by atoms with Crippen molar-refractivity contribution < 1.29 is 9.59 Å². The molecule has 1 aliphatic carbocycles. The van der Waals surface area contributed by atoms with Crippen molar-refractivity contribution in [3.8, 4) is 0 Å². The second-order valence-electron chi connectivity index (χ2n) is 5.26. The normalized spacial score (nSPS) is 19.1. The molecule has 106 valence electrons. The molecule has 0 aromatic heterocycles. The van der Waals surface area contributed by atoms with Crippen molar-refractivity contribution in [3.63, 3.8) is 0 Å². The number of halogens is 1. The number of carbonyl (C=O) groups is 2. The van der Waals surface area contributed by atoms with E-state index in [1.165, 1.54) is 18.4 Å². The molecule has 0 spiro atoms. The van der Waals surface area contributed by atoms with E-state index in [0.717, 1.165) is 16.7 Å². The Morgan fingerprint density at radius 3 is 2.55 bits per heavy atom. The van der Waals surface area contributed by atoms with E-state index >= 15 is 0 Å². The number of imide groups is 1. The summed E-state index contributed by atoms with van der Waals surface area (Å²) in [6, 6.07) is 6.63. The van der Waals surface area contributed by atoms with Crippen LogP contribution in [0.5, 0.6) is 0 Å². The second kappa shape index (κ2) is 5.54. The molecule has 2 fully saturated rings. The van der Waals surface area contributed by atoms with Crippen molar-refractivity contribution in [1.29, 1.82) is 0 Å². The summed E-state index contributed by atoms with van der Waals surface area (Å²) in [6.07, 6.45) is 2.53. The van der Waals surface area contributed by atoms with Gasteiger partial charge in [0.15, 0.2) is 0 Å². The average molecular weight is 338 g/mol. The van der Waals surface area contributed by atoms with Crippen LogP contribution in [0.15, 0.2) is 22.7 Å². The van der Waals surface area contributed by atoms with Crippen LogP contribution in [0.1, 0.15) is 18.4 Å². The van der Waals surface area contributed by atoms with E-state index in [0.29, 0.717) is 6.04 Å². The smallest absolute Gasteiger partial charge is 0.246 e. The first-order valence-corrected chi connectivity index (χ1v) is 7.50. The highest BCUT2D eigenvalue weighted by Gasteiger charge is 2.23. The van der Waals surface area contributed by atoms with Gasteiger partial charge in [-0.1, -0.05) is 22.0 Å². The summed E-state index contributed by atoms with van der Waals surface area (Å²) in [5, 5.41) is 5.77. The topological polar surface area (TPSA) is 61.4 Å². The Hall–Kier alpha value is -1.40. The molecule has 1 aliphatic heterocycles. The summed E-state index contributed by atoms with van der Waals surface area (Å²) < 4.78 is 1.00. The van der Waals surface area contributed by atoms with Gasteiger partial charge in [0.25, 0.3) is 0 Å². The molecule has 2 aliphatic rings. The van der Waals surface area contributed by atoms with Gasteiger partial charge in [0.05, 0.1) is 13.1 Å². The zero-order chi connectivity index (χ0) is 14.1. The molecule has 0 radical (unpaired) electrons. The zero-order valence-electron chi connectivity index (χ0n) is 11.0. The molecule has 0 atom stereocenters. The molecule has 0 unspecified atom stereocenters. The minimum atomic E-state index is -0.253. The van der Waals surface area contributed by atoms with E-state index in [2.05, 4.69) is 26.6 Å². The van der Waals surface area contributed by atoms with Crippen LogP contribution >= 0.6 is 15.9 Å². The van der Waals surface area contributed by atoms with Gasteiger partial charge in [-0.05, 0) is 30.5 Å².